The van der Waals surface area contributed by atoms with Crippen molar-refractivity contribution < 1.29 is 9.53 Å². The van der Waals surface area contributed by atoms with Crippen LogP contribution in [0.5, 0.6) is 0 Å². The molecule has 1 unspecified atom stereocenters. The molecule has 0 aliphatic rings. The molecule has 1 atom stereocenters. The number of thiophene rings is 1. The molecule has 1 aromatic heterocycles. The fourth-order valence-electron chi connectivity index (χ4n) is 1.15. The van der Waals surface area contributed by atoms with Gasteiger partial charge in [-0.15, -0.1) is 11.3 Å². The van der Waals surface area contributed by atoms with Crippen LogP contribution in [0.25, 0.3) is 0 Å². The van der Waals surface area contributed by atoms with Gasteiger partial charge in [0.1, 0.15) is 6.10 Å². The van der Waals surface area contributed by atoms with Gasteiger partial charge in [0.25, 0.3) is 0 Å². The van der Waals surface area contributed by atoms with Gasteiger partial charge in [0.15, 0.2) is 0 Å². The highest BCUT2D eigenvalue weighted by atomic mass is 32.1. The Morgan fingerprint density at radius 1 is 1.54 bits per heavy atom. The number of carbonyl (C=O) groups excluding carboxylic acids is 1. The van der Waals surface area contributed by atoms with Crippen LogP contribution >= 0.6 is 11.3 Å². The van der Waals surface area contributed by atoms with Crippen LogP contribution in [-0.4, -0.2) is 5.97 Å². The second-order valence-electron chi connectivity index (χ2n) is 3.29. The molecule has 0 bridgehead atoms. The fourth-order valence-corrected chi connectivity index (χ4v) is 2.08. The summed E-state index contributed by atoms with van der Waals surface area (Å²) in [6.07, 6.45) is -0.0856. The zero-order chi connectivity index (χ0) is 9.84. The Bertz CT molecular complexity index is 264. The van der Waals surface area contributed by atoms with Gasteiger partial charge >= 0.3 is 5.97 Å². The summed E-state index contributed by atoms with van der Waals surface area (Å²) < 4.78 is 5.23. The highest BCUT2D eigenvalue weighted by Crippen LogP contribution is 2.29. The minimum Gasteiger partial charge on any atom is -0.457 e. The standard InChI is InChI=1S/C10H14O2S/c1-7(2)10(12-8(3)11)9-5-4-6-13-9/h4-7,10H,1-3H3. The Morgan fingerprint density at radius 2 is 2.23 bits per heavy atom. The molecule has 1 heterocycles. The van der Waals surface area contributed by atoms with Crippen LogP contribution in [0.2, 0.25) is 0 Å². The third kappa shape index (κ3) is 2.84. The van der Waals surface area contributed by atoms with Crippen molar-refractivity contribution in [3.8, 4) is 0 Å². The SMILES string of the molecule is CC(=O)OC(c1cccs1)C(C)C. The van der Waals surface area contributed by atoms with E-state index in [0.717, 1.165) is 4.88 Å². The summed E-state index contributed by atoms with van der Waals surface area (Å²) in [4.78, 5) is 12.0. The van der Waals surface area contributed by atoms with Crippen LogP contribution < -0.4 is 0 Å². The second-order valence-corrected chi connectivity index (χ2v) is 4.27. The molecule has 0 aromatic carbocycles. The molecule has 13 heavy (non-hydrogen) atoms. The molecule has 0 spiro atoms. The lowest BCUT2D eigenvalue weighted by molar-refractivity contribution is -0.148. The van der Waals surface area contributed by atoms with Crippen molar-refractivity contribution in [3.05, 3.63) is 22.4 Å². The van der Waals surface area contributed by atoms with Gasteiger partial charge in [-0.25, -0.2) is 0 Å². The highest BCUT2D eigenvalue weighted by molar-refractivity contribution is 7.10. The molecule has 1 rings (SSSR count). The minimum absolute atomic E-state index is 0.0856. The lowest BCUT2D eigenvalue weighted by Gasteiger charge is -2.18. The monoisotopic (exact) mass is 198 g/mol. The summed E-state index contributed by atoms with van der Waals surface area (Å²) >= 11 is 1.62. The van der Waals surface area contributed by atoms with Crippen molar-refractivity contribution in [3.63, 3.8) is 0 Å². The number of rotatable bonds is 3. The first-order chi connectivity index (χ1) is 6.11. The topological polar surface area (TPSA) is 26.3 Å². The second kappa shape index (κ2) is 4.42. The van der Waals surface area contributed by atoms with E-state index in [4.69, 9.17) is 4.74 Å². The highest BCUT2D eigenvalue weighted by Gasteiger charge is 2.19. The summed E-state index contributed by atoms with van der Waals surface area (Å²) in [5.74, 6) is 0.106. The molecular formula is C10H14O2S. The Hall–Kier alpha value is -0.830. The zero-order valence-corrected chi connectivity index (χ0v) is 8.93. The van der Waals surface area contributed by atoms with E-state index in [0.29, 0.717) is 5.92 Å². The Labute approximate surface area is 82.5 Å². The minimum atomic E-state index is -0.216. The molecule has 1 aromatic rings. The van der Waals surface area contributed by atoms with E-state index in [-0.39, 0.29) is 12.1 Å². The van der Waals surface area contributed by atoms with Crippen molar-refractivity contribution in [1.29, 1.82) is 0 Å². The van der Waals surface area contributed by atoms with Gasteiger partial charge < -0.3 is 4.74 Å². The van der Waals surface area contributed by atoms with E-state index in [2.05, 4.69) is 0 Å². The molecule has 3 heteroatoms. The zero-order valence-electron chi connectivity index (χ0n) is 8.11. The van der Waals surface area contributed by atoms with Crippen LogP contribution in [0, 0.1) is 5.92 Å². The van der Waals surface area contributed by atoms with Crippen molar-refractivity contribution in [2.45, 2.75) is 26.9 Å². The van der Waals surface area contributed by atoms with Crippen molar-refractivity contribution in [1.82, 2.24) is 0 Å². The van der Waals surface area contributed by atoms with E-state index in [1.807, 2.05) is 31.4 Å². The molecule has 0 N–H and O–H groups in total. The number of hydrogen-bond acceptors (Lipinski definition) is 3. The molecule has 0 radical (unpaired) electrons. The molecule has 0 amide bonds. The Balaban J connectivity index is 2.74. The normalized spacial score (nSPS) is 12.9. The van der Waals surface area contributed by atoms with Crippen LogP contribution in [0.1, 0.15) is 31.8 Å². The number of ether oxygens (including phenoxy) is 1. The van der Waals surface area contributed by atoms with Gasteiger partial charge in [-0.05, 0) is 17.4 Å². The van der Waals surface area contributed by atoms with Crippen molar-refractivity contribution in [2.75, 3.05) is 0 Å². The van der Waals surface area contributed by atoms with E-state index in [9.17, 15) is 4.79 Å². The molecule has 0 fully saturated rings. The van der Waals surface area contributed by atoms with E-state index >= 15 is 0 Å². The number of esters is 1. The van der Waals surface area contributed by atoms with Crippen LogP contribution in [-0.2, 0) is 9.53 Å². The van der Waals surface area contributed by atoms with Gasteiger partial charge in [-0.2, -0.15) is 0 Å². The number of hydrogen-bond donors (Lipinski definition) is 0. The maximum absolute atomic E-state index is 10.8. The van der Waals surface area contributed by atoms with E-state index < -0.39 is 0 Å². The molecule has 0 saturated carbocycles. The van der Waals surface area contributed by atoms with Crippen LogP contribution in [0.3, 0.4) is 0 Å². The summed E-state index contributed by atoms with van der Waals surface area (Å²) in [6, 6.07) is 3.97. The van der Waals surface area contributed by atoms with E-state index in [1.54, 1.807) is 11.3 Å². The third-order valence-electron chi connectivity index (χ3n) is 1.72. The molecule has 0 saturated heterocycles. The molecule has 2 nitrogen and oxygen atoms in total. The smallest absolute Gasteiger partial charge is 0.303 e. The first kappa shape index (κ1) is 10.3. The first-order valence-corrected chi connectivity index (χ1v) is 5.20. The maximum atomic E-state index is 10.8. The average Bonchev–Trinajstić information content (AvgIpc) is 2.50. The fraction of sp³-hybridized carbons (Fsp3) is 0.500. The summed E-state index contributed by atoms with van der Waals surface area (Å²) in [5, 5.41) is 1.99. The summed E-state index contributed by atoms with van der Waals surface area (Å²) in [7, 11) is 0. The van der Waals surface area contributed by atoms with Gasteiger partial charge in [-0.1, -0.05) is 19.9 Å². The van der Waals surface area contributed by atoms with Gasteiger partial charge in [0.2, 0.25) is 0 Å². The van der Waals surface area contributed by atoms with Crippen molar-refractivity contribution in [2.24, 2.45) is 5.92 Å². The van der Waals surface area contributed by atoms with Gasteiger partial charge in [0, 0.05) is 11.8 Å². The lowest BCUT2D eigenvalue weighted by Crippen LogP contribution is -2.12. The average molecular weight is 198 g/mol. The number of carbonyl (C=O) groups is 1. The lowest BCUT2D eigenvalue weighted by atomic mass is 10.1. The van der Waals surface area contributed by atoms with Gasteiger partial charge in [-0.3, -0.25) is 4.79 Å². The molecule has 0 aliphatic heterocycles. The summed E-state index contributed by atoms with van der Waals surface area (Å²) in [5.41, 5.74) is 0. The quantitative estimate of drug-likeness (QED) is 0.698. The van der Waals surface area contributed by atoms with Crippen LogP contribution in [0.15, 0.2) is 17.5 Å². The first-order valence-electron chi connectivity index (χ1n) is 4.32. The largest absolute Gasteiger partial charge is 0.457 e. The maximum Gasteiger partial charge on any atom is 0.303 e. The third-order valence-corrected chi connectivity index (χ3v) is 2.66. The van der Waals surface area contributed by atoms with Crippen LogP contribution in [0.4, 0.5) is 0 Å². The molecular weight excluding hydrogens is 184 g/mol. The molecule has 72 valence electrons. The summed E-state index contributed by atoms with van der Waals surface area (Å²) in [6.45, 7) is 5.55. The van der Waals surface area contributed by atoms with Crippen molar-refractivity contribution >= 4 is 17.3 Å². The van der Waals surface area contributed by atoms with E-state index in [1.165, 1.54) is 6.92 Å². The van der Waals surface area contributed by atoms with Gasteiger partial charge in [0.05, 0.1) is 0 Å². The predicted molar refractivity (Wildman–Crippen MR) is 53.7 cm³/mol. The Morgan fingerprint density at radius 3 is 2.62 bits per heavy atom. The molecule has 0 aliphatic carbocycles. The Kier molecular flexibility index (Phi) is 3.48. The predicted octanol–water partition coefficient (Wildman–Crippen LogP) is 3.01.